The summed E-state index contributed by atoms with van der Waals surface area (Å²) in [4.78, 5) is -0.537. The van der Waals surface area contributed by atoms with Crippen LogP contribution in [0.25, 0.3) is 0 Å². The molecule has 1 aliphatic rings. The van der Waals surface area contributed by atoms with Crippen molar-refractivity contribution in [3.63, 3.8) is 0 Å². The van der Waals surface area contributed by atoms with Crippen molar-refractivity contribution >= 4 is 29.0 Å². The van der Waals surface area contributed by atoms with Gasteiger partial charge in [-0.05, 0) is 60.5 Å². The van der Waals surface area contributed by atoms with Crippen molar-refractivity contribution in [1.82, 2.24) is 0 Å². The first kappa shape index (κ1) is 29.7. The number of aryl methyl sites for hydroxylation is 1. The van der Waals surface area contributed by atoms with Gasteiger partial charge in [-0.2, -0.15) is 0 Å². The molecule has 2 aromatic rings. The minimum atomic E-state index is -0.537. The van der Waals surface area contributed by atoms with Gasteiger partial charge in [-0.3, -0.25) is 0 Å². The van der Waals surface area contributed by atoms with Crippen molar-refractivity contribution in [2.24, 2.45) is 0 Å². The Morgan fingerprint density at radius 1 is 0.757 bits per heavy atom. The molecule has 0 bridgehead atoms. The molecule has 200 valence electrons. The average molecular weight is 535 g/mol. The zero-order valence-electron chi connectivity index (χ0n) is 23.0. The third kappa shape index (κ3) is 10.4. The van der Waals surface area contributed by atoms with E-state index in [2.05, 4.69) is 92.7 Å². The summed E-state index contributed by atoms with van der Waals surface area (Å²) in [5, 5.41) is 0.581. The Morgan fingerprint density at radius 3 is 2.00 bits per heavy atom. The molecular formula is C34H46OS2. The van der Waals surface area contributed by atoms with Crippen LogP contribution in [-0.4, -0.2) is 15.7 Å². The largest absolute Gasteiger partial charge is 0.458 e. The lowest BCUT2D eigenvalue weighted by atomic mass is 9.94. The Balaban J connectivity index is 1.59. The van der Waals surface area contributed by atoms with Gasteiger partial charge in [0.25, 0.3) is 0 Å². The number of rotatable bonds is 17. The van der Waals surface area contributed by atoms with Gasteiger partial charge in [0.2, 0.25) is 0 Å². The zero-order chi connectivity index (χ0) is 26.2. The van der Waals surface area contributed by atoms with Crippen LogP contribution in [0, 0.1) is 0 Å². The molecule has 0 heterocycles. The summed E-state index contributed by atoms with van der Waals surface area (Å²) in [6.07, 6.45) is 24.5. The van der Waals surface area contributed by atoms with E-state index in [4.69, 9.17) is 17.0 Å². The van der Waals surface area contributed by atoms with Crippen LogP contribution in [0.3, 0.4) is 0 Å². The molecule has 0 fully saturated rings. The number of thioether (sulfide) groups is 1. The molecule has 1 aliphatic carbocycles. The molecule has 0 saturated heterocycles. The van der Waals surface area contributed by atoms with Crippen molar-refractivity contribution in [1.29, 1.82) is 0 Å². The first-order valence-corrected chi connectivity index (χ1v) is 15.9. The molecule has 37 heavy (non-hydrogen) atoms. The second-order valence-electron chi connectivity index (χ2n) is 10.2. The maximum Gasteiger partial charge on any atom is 0.193 e. The summed E-state index contributed by atoms with van der Waals surface area (Å²) in [7, 11) is 0. The molecule has 2 aromatic carbocycles. The monoisotopic (exact) mass is 534 g/mol. The summed E-state index contributed by atoms with van der Waals surface area (Å²) >= 11 is 7.68. The maximum atomic E-state index is 6.57. The average Bonchev–Trinajstić information content (AvgIpc) is 2.94. The summed E-state index contributed by atoms with van der Waals surface area (Å²) in [6, 6.07) is 19.4. The molecule has 0 radical (unpaired) electrons. The number of allylic oxidation sites excluding steroid dienone is 2. The highest BCUT2D eigenvalue weighted by Crippen LogP contribution is 2.38. The minimum absolute atomic E-state index is 0.276. The number of unbranched alkanes of at least 4 members (excludes halogenated alkanes) is 9. The number of ether oxygens (including phenoxy) is 1. The van der Waals surface area contributed by atoms with Crippen LogP contribution in [0.2, 0.25) is 0 Å². The fourth-order valence-corrected chi connectivity index (χ4v) is 6.23. The van der Waals surface area contributed by atoms with E-state index in [9.17, 15) is 0 Å². The zero-order valence-corrected chi connectivity index (χ0v) is 24.6. The summed E-state index contributed by atoms with van der Waals surface area (Å²) < 4.78 is 6.57. The highest BCUT2D eigenvalue weighted by Gasteiger charge is 2.31. The van der Waals surface area contributed by atoms with Crippen molar-refractivity contribution in [2.45, 2.75) is 102 Å². The Labute approximate surface area is 236 Å². The Hall–Kier alpha value is -1.84. The highest BCUT2D eigenvalue weighted by atomic mass is 32.2. The predicted octanol–water partition coefficient (Wildman–Crippen LogP) is 10.6. The highest BCUT2D eigenvalue weighted by molar-refractivity contribution is 8.00. The molecule has 0 spiro atoms. The Morgan fingerprint density at radius 2 is 1.35 bits per heavy atom. The van der Waals surface area contributed by atoms with E-state index in [0.29, 0.717) is 5.05 Å². The lowest BCUT2D eigenvalue weighted by Gasteiger charge is -2.31. The van der Waals surface area contributed by atoms with E-state index < -0.39 is 4.93 Å². The number of benzene rings is 2. The van der Waals surface area contributed by atoms with Gasteiger partial charge < -0.3 is 4.74 Å². The van der Waals surface area contributed by atoms with E-state index in [1.54, 1.807) is 0 Å². The topological polar surface area (TPSA) is 9.23 Å². The Bertz CT molecular complexity index is 947. The lowest BCUT2D eigenvalue weighted by molar-refractivity contribution is 0.256. The van der Waals surface area contributed by atoms with Crippen LogP contribution in [0.15, 0.2) is 78.9 Å². The summed E-state index contributed by atoms with van der Waals surface area (Å²) in [6.45, 7) is 4.54. The quantitative estimate of drug-likeness (QED) is 0.0864. The van der Waals surface area contributed by atoms with Gasteiger partial charge in [0, 0.05) is 11.5 Å². The second-order valence-corrected chi connectivity index (χ2v) is 11.9. The number of hydrogen-bond donors (Lipinski definition) is 0. The van der Waals surface area contributed by atoms with Gasteiger partial charge in [0.1, 0.15) is 0 Å². The Kier molecular flexibility index (Phi) is 13.6. The van der Waals surface area contributed by atoms with Crippen LogP contribution in [-0.2, 0) is 11.2 Å². The predicted molar refractivity (Wildman–Crippen MR) is 168 cm³/mol. The van der Waals surface area contributed by atoms with E-state index in [0.717, 1.165) is 17.7 Å². The van der Waals surface area contributed by atoms with Crippen molar-refractivity contribution < 1.29 is 4.74 Å². The SMILES string of the molecule is CCCCCCCCc1ccc(C(=S)OC2(SCCCCCCC)C=CC(c3ccccc3)C=C2)cc1. The maximum absolute atomic E-state index is 6.57. The fraction of sp³-hybridized carbons (Fsp3) is 0.500. The number of thiocarbonyl (C=S) groups is 1. The molecule has 0 aromatic heterocycles. The smallest absolute Gasteiger partial charge is 0.193 e. The molecule has 0 aliphatic heterocycles. The minimum Gasteiger partial charge on any atom is -0.458 e. The number of hydrogen-bond acceptors (Lipinski definition) is 3. The third-order valence-corrected chi connectivity index (χ3v) is 8.71. The first-order valence-electron chi connectivity index (χ1n) is 14.6. The van der Waals surface area contributed by atoms with E-state index in [1.807, 2.05) is 11.8 Å². The first-order chi connectivity index (χ1) is 18.2. The normalized spacial score (nSPS) is 18.7. The molecule has 0 amide bonds. The summed E-state index contributed by atoms with van der Waals surface area (Å²) in [5.74, 6) is 1.34. The van der Waals surface area contributed by atoms with Crippen molar-refractivity contribution in [3.05, 3.63) is 95.6 Å². The fourth-order valence-electron chi connectivity index (χ4n) is 4.74. The van der Waals surface area contributed by atoms with Crippen molar-refractivity contribution in [3.8, 4) is 0 Å². The molecule has 0 unspecified atom stereocenters. The van der Waals surface area contributed by atoms with Gasteiger partial charge >= 0.3 is 0 Å². The van der Waals surface area contributed by atoms with Crippen LogP contribution in [0.1, 0.15) is 107 Å². The third-order valence-electron chi connectivity index (χ3n) is 7.09. The van der Waals surface area contributed by atoms with Crippen LogP contribution >= 0.6 is 24.0 Å². The second kappa shape index (κ2) is 16.9. The van der Waals surface area contributed by atoms with Gasteiger partial charge in [-0.25, -0.2) is 0 Å². The van der Waals surface area contributed by atoms with Gasteiger partial charge in [0.15, 0.2) is 9.98 Å². The van der Waals surface area contributed by atoms with Gasteiger partial charge in [0.05, 0.1) is 0 Å². The van der Waals surface area contributed by atoms with E-state index in [1.165, 1.54) is 81.8 Å². The molecule has 3 heteroatoms. The van der Waals surface area contributed by atoms with Crippen molar-refractivity contribution in [2.75, 3.05) is 5.75 Å². The van der Waals surface area contributed by atoms with Crippen LogP contribution < -0.4 is 0 Å². The summed E-state index contributed by atoms with van der Waals surface area (Å²) in [5.41, 5.74) is 3.69. The van der Waals surface area contributed by atoms with E-state index in [-0.39, 0.29) is 5.92 Å². The molecule has 0 atom stereocenters. The molecule has 0 saturated carbocycles. The molecular weight excluding hydrogens is 489 g/mol. The van der Waals surface area contributed by atoms with E-state index >= 15 is 0 Å². The standard InChI is InChI=1S/C34H46OS2/c1-3-5-7-9-10-13-17-29-20-22-32(23-21-29)33(36)35-34(37-28-16-11-8-6-4-2)26-24-31(25-27-34)30-18-14-12-15-19-30/h12,14-15,18-27,31H,3-11,13,16-17,28H2,1-2H3. The molecule has 0 N–H and O–H groups in total. The molecule has 1 nitrogen and oxygen atoms in total. The lowest BCUT2D eigenvalue weighted by Crippen LogP contribution is -2.29. The van der Waals surface area contributed by atoms with Crippen LogP contribution in [0.5, 0.6) is 0 Å². The van der Waals surface area contributed by atoms with Gasteiger partial charge in [-0.1, -0.05) is 138 Å². The van der Waals surface area contributed by atoms with Crippen LogP contribution in [0.4, 0.5) is 0 Å². The molecule has 3 rings (SSSR count). The van der Waals surface area contributed by atoms with Gasteiger partial charge in [-0.15, -0.1) is 11.8 Å².